The van der Waals surface area contributed by atoms with Crippen LogP contribution in [-0.2, 0) is 0 Å². The number of hydrogen-bond acceptors (Lipinski definition) is 1. The van der Waals surface area contributed by atoms with Crippen molar-refractivity contribution in [2.24, 2.45) is 17.6 Å². The molecule has 2 N–H and O–H groups in total. The summed E-state index contributed by atoms with van der Waals surface area (Å²) in [6.07, 6.45) is -3.20. The molecule has 1 aromatic rings. The van der Waals surface area contributed by atoms with E-state index in [1.807, 2.05) is 0 Å². The Labute approximate surface area is 120 Å². The molecule has 0 amide bonds. The molecule has 1 aliphatic carbocycles. The van der Waals surface area contributed by atoms with Crippen molar-refractivity contribution in [1.82, 2.24) is 0 Å². The van der Waals surface area contributed by atoms with Crippen LogP contribution in [0.25, 0.3) is 0 Å². The van der Waals surface area contributed by atoms with E-state index < -0.39 is 24.0 Å². The predicted octanol–water partition coefficient (Wildman–Crippen LogP) is 4.85. The molecule has 1 saturated carbocycles. The van der Waals surface area contributed by atoms with E-state index >= 15 is 0 Å². The SMILES string of the molecule is NC(c1cc(F)ccc1Cl)C1CCC(C(F)(F)F)CC1. The Hall–Kier alpha value is -0.810. The summed E-state index contributed by atoms with van der Waals surface area (Å²) in [4.78, 5) is 0. The fourth-order valence-corrected chi connectivity index (χ4v) is 3.07. The lowest BCUT2D eigenvalue weighted by Gasteiger charge is -2.33. The Morgan fingerprint density at radius 3 is 2.30 bits per heavy atom. The first-order valence-electron chi connectivity index (χ1n) is 6.56. The van der Waals surface area contributed by atoms with Crippen molar-refractivity contribution in [2.75, 3.05) is 0 Å². The first-order valence-corrected chi connectivity index (χ1v) is 6.94. The summed E-state index contributed by atoms with van der Waals surface area (Å²) in [7, 11) is 0. The van der Waals surface area contributed by atoms with Crippen LogP contribution >= 0.6 is 11.6 Å². The highest BCUT2D eigenvalue weighted by molar-refractivity contribution is 6.31. The van der Waals surface area contributed by atoms with Gasteiger partial charge < -0.3 is 5.73 Å². The van der Waals surface area contributed by atoms with Crippen molar-refractivity contribution < 1.29 is 17.6 Å². The summed E-state index contributed by atoms with van der Waals surface area (Å²) in [5.74, 6) is -1.77. The Balaban J connectivity index is 2.05. The lowest BCUT2D eigenvalue weighted by atomic mass is 9.77. The second kappa shape index (κ2) is 5.90. The molecule has 1 fully saturated rings. The van der Waals surface area contributed by atoms with Gasteiger partial charge in [0.15, 0.2) is 0 Å². The summed E-state index contributed by atoms with van der Waals surface area (Å²) in [6.45, 7) is 0. The Morgan fingerprint density at radius 2 is 1.75 bits per heavy atom. The highest BCUT2D eigenvalue weighted by Crippen LogP contribution is 2.43. The van der Waals surface area contributed by atoms with Crippen LogP contribution in [0, 0.1) is 17.7 Å². The number of hydrogen-bond donors (Lipinski definition) is 1. The topological polar surface area (TPSA) is 26.0 Å². The summed E-state index contributed by atoms with van der Waals surface area (Å²) in [5, 5.41) is 0.358. The van der Waals surface area contributed by atoms with Crippen LogP contribution in [0.15, 0.2) is 18.2 Å². The molecule has 1 aromatic carbocycles. The lowest BCUT2D eigenvalue weighted by Crippen LogP contribution is -2.32. The molecule has 0 radical (unpaired) electrons. The molecule has 112 valence electrons. The average Bonchev–Trinajstić information content (AvgIpc) is 2.40. The van der Waals surface area contributed by atoms with E-state index in [-0.39, 0.29) is 18.8 Å². The van der Waals surface area contributed by atoms with Crippen molar-refractivity contribution >= 4 is 11.6 Å². The largest absolute Gasteiger partial charge is 0.391 e. The summed E-state index contributed by atoms with van der Waals surface area (Å²) < 4.78 is 51.1. The van der Waals surface area contributed by atoms with Gasteiger partial charge in [-0.2, -0.15) is 13.2 Å². The monoisotopic (exact) mass is 309 g/mol. The smallest absolute Gasteiger partial charge is 0.324 e. The molecule has 6 heteroatoms. The van der Waals surface area contributed by atoms with E-state index in [0.29, 0.717) is 23.4 Å². The Kier molecular flexibility index (Phi) is 4.59. The number of rotatable bonds is 2. The van der Waals surface area contributed by atoms with Crippen LogP contribution in [0.2, 0.25) is 5.02 Å². The number of nitrogens with two attached hydrogens (primary N) is 1. The van der Waals surface area contributed by atoms with Gasteiger partial charge in [-0.25, -0.2) is 4.39 Å². The third kappa shape index (κ3) is 3.44. The second-order valence-electron chi connectivity index (χ2n) is 5.34. The highest BCUT2D eigenvalue weighted by atomic mass is 35.5. The maximum absolute atomic E-state index is 13.2. The molecule has 0 saturated heterocycles. The Morgan fingerprint density at radius 1 is 1.15 bits per heavy atom. The molecule has 1 unspecified atom stereocenters. The normalized spacial score (nSPS) is 25.5. The molecular weight excluding hydrogens is 294 g/mol. The maximum Gasteiger partial charge on any atom is 0.391 e. The van der Waals surface area contributed by atoms with Gasteiger partial charge in [-0.15, -0.1) is 0 Å². The molecule has 0 aliphatic heterocycles. The van der Waals surface area contributed by atoms with Crippen LogP contribution < -0.4 is 5.73 Å². The summed E-state index contributed by atoms with van der Waals surface area (Å²) >= 11 is 5.98. The van der Waals surface area contributed by atoms with E-state index in [0.717, 1.165) is 0 Å². The summed E-state index contributed by atoms with van der Waals surface area (Å²) in [6, 6.07) is 3.41. The van der Waals surface area contributed by atoms with Crippen LogP contribution in [0.4, 0.5) is 17.6 Å². The van der Waals surface area contributed by atoms with Gasteiger partial charge in [-0.1, -0.05) is 11.6 Å². The molecular formula is C14H16ClF4N. The lowest BCUT2D eigenvalue weighted by molar-refractivity contribution is -0.184. The molecule has 0 spiro atoms. The first kappa shape index (κ1) is 15.6. The van der Waals surface area contributed by atoms with E-state index in [9.17, 15) is 17.6 Å². The summed E-state index contributed by atoms with van der Waals surface area (Å²) in [5.41, 5.74) is 6.54. The van der Waals surface area contributed by atoms with Crippen molar-refractivity contribution in [2.45, 2.75) is 37.9 Å². The van der Waals surface area contributed by atoms with Crippen LogP contribution in [-0.4, -0.2) is 6.18 Å². The van der Waals surface area contributed by atoms with E-state index in [2.05, 4.69) is 0 Å². The van der Waals surface area contributed by atoms with Gasteiger partial charge in [-0.3, -0.25) is 0 Å². The third-order valence-corrected chi connectivity index (χ3v) is 4.40. The van der Waals surface area contributed by atoms with Gasteiger partial charge in [0.05, 0.1) is 5.92 Å². The number of halogens is 5. The van der Waals surface area contributed by atoms with Crippen LogP contribution in [0.1, 0.15) is 37.3 Å². The third-order valence-electron chi connectivity index (χ3n) is 4.06. The molecule has 0 heterocycles. The number of alkyl halides is 3. The van der Waals surface area contributed by atoms with Gasteiger partial charge in [0, 0.05) is 11.1 Å². The van der Waals surface area contributed by atoms with Gasteiger partial charge in [0.1, 0.15) is 5.82 Å². The van der Waals surface area contributed by atoms with Crippen molar-refractivity contribution in [3.8, 4) is 0 Å². The molecule has 1 atom stereocenters. The minimum atomic E-state index is -4.13. The van der Waals surface area contributed by atoms with Gasteiger partial charge >= 0.3 is 6.18 Å². The molecule has 1 nitrogen and oxygen atoms in total. The molecule has 20 heavy (non-hydrogen) atoms. The van der Waals surface area contributed by atoms with E-state index in [1.165, 1.54) is 18.2 Å². The average molecular weight is 310 g/mol. The standard InChI is InChI=1S/C14H16ClF4N/c15-12-6-5-10(16)7-11(12)13(20)8-1-3-9(4-2-8)14(17,18)19/h5-9,13H,1-4,20H2. The van der Waals surface area contributed by atoms with Gasteiger partial charge in [-0.05, 0) is 55.4 Å². The minimum Gasteiger partial charge on any atom is -0.324 e. The fraction of sp³-hybridized carbons (Fsp3) is 0.571. The van der Waals surface area contributed by atoms with Gasteiger partial charge in [0.2, 0.25) is 0 Å². The minimum absolute atomic E-state index is 0.0782. The fourth-order valence-electron chi connectivity index (χ4n) is 2.83. The number of benzene rings is 1. The zero-order valence-electron chi connectivity index (χ0n) is 10.8. The van der Waals surface area contributed by atoms with Crippen LogP contribution in [0.5, 0.6) is 0 Å². The molecule has 2 rings (SSSR count). The van der Waals surface area contributed by atoms with Gasteiger partial charge in [0.25, 0.3) is 0 Å². The highest BCUT2D eigenvalue weighted by Gasteiger charge is 2.42. The second-order valence-corrected chi connectivity index (χ2v) is 5.75. The van der Waals surface area contributed by atoms with Crippen molar-refractivity contribution in [3.05, 3.63) is 34.6 Å². The van der Waals surface area contributed by atoms with Crippen molar-refractivity contribution in [1.29, 1.82) is 0 Å². The van der Waals surface area contributed by atoms with Crippen molar-refractivity contribution in [3.63, 3.8) is 0 Å². The molecule has 0 aromatic heterocycles. The van der Waals surface area contributed by atoms with E-state index in [1.54, 1.807) is 0 Å². The van der Waals surface area contributed by atoms with E-state index in [4.69, 9.17) is 17.3 Å². The zero-order chi connectivity index (χ0) is 14.9. The van der Waals surface area contributed by atoms with Crippen LogP contribution in [0.3, 0.4) is 0 Å². The quantitative estimate of drug-likeness (QED) is 0.777. The first-order chi connectivity index (χ1) is 9.29. The predicted molar refractivity (Wildman–Crippen MR) is 69.8 cm³/mol. The zero-order valence-corrected chi connectivity index (χ0v) is 11.5. The molecule has 0 bridgehead atoms. The molecule has 1 aliphatic rings. The maximum atomic E-state index is 13.2. The Bertz CT molecular complexity index is 467.